The lowest BCUT2D eigenvalue weighted by Crippen LogP contribution is -2.29. The first-order valence-corrected chi connectivity index (χ1v) is 6.19. The third kappa shape index (κ3) is 2.92. The largest absolute Gasteiger partial charge is 0.389 e. The van der Waals surface area contributed by atoms with E-state index in [0.29, 0.717) is 4.99 Å². The van der Waals surface area contributed by atoms with Crippen molar-refractivity contribution in [1.82, 2.24) is 4.98 Å². The summed E-state index contributed by atoms with van der Waals surface area (Å²) < 4.78 is 5.44. The number of aromatic nitrogens is 1. The summed E-state index contributed by atoms with van der Waals surface area (Å²) in [5.41, 5.74) is 7.58. The monoisotopic (exact) mass is 251 g/mol. The van der Waals surface area contributed by atoms with Gasteiger partial charge >= 0.3 is 0 Å². The molecule has 1 saturated heterocycles. The SMILES string of the molecule is Cc1ccc(C(N)=S)c(N2CCCOCC2)n1. The summed E-state index contributed by atoms with van der Waals surface area (Å²) in [7, 11) is 0. The lowest BCUT2D eigenvalue weighted by molar-refractivity contribution is 0.152. The molecule has 0 bridgehead atoms. The van der Waals surface area contributed by atoms with Crippen LogP contribution in [-0.2, 0) is 4.74 Å². The van der Waals surface area contributed by atoms with Crippen molar-refractivity contribution in [3.05, 3.63) is 23.4 Å². The van der Waals surface area contributed by atoms with Crippen molar-refractivity contribution in [3.8, 4) is 0 Å². The Morgan fingerprint density at radius 2 is 2.24 bits per heavy atom. The second-order valence-corrected chi connectivity index (χ2v) is 4.58. The Hall–Kier alpha value is -1.20. The molecule has 1 aromatic heterocycles. The van der Waals surface area contributed by atoms with E-state index < -0.39 is 0 Å². The van der Waals surface area contributed by atoms with Crippen molar-refractivity contribution < 1.29 is 4.74 Å². The zero-order chi connectivity index (χ0) is 12.3. The fourth-order valence-corrected chi connectivity index (χ4v) is 2.09. The van der Waals surface area contributed by atoms with Gasteiger partial charge in [-0.15, -0.1) is 0 Å². The second kappa shape index (κ2) is 5.42. The Bertz CT molecular complexity index is 414. The highest BCUT2D eigenvalue weighted by atomic mass is 32.1. The van der Waals surface area contributed by atoms with Crippen LogP contribution in [0.15, 0.2) is 12.1 Å². The smallest absolute Gasteiger partial charge is 0.139 e. The topological polar surface area (TPSA) is 51.4 Å². The Balaban J connectivity index is 2.34. The van der Waals surface area contributed by atoms with Gasteiger partial charge in [-0.1, -0.05) is 12.2 Å². The van der Waals surface area contributed by atoms with Crippen molar-refractivity contribution in [2.24, 2.45) is 5.73 Å². The van der Waals surface area contributed by atoms with Crippen LogP contribution in [0.3, 0.4) is 0 Å². The van der Waals surface area contributed by atoms with Gasteiger partial charge in [-0.05, 0) is 25.5 Å². The summed E-state index contributed by atoms with van der Waals surface area (Å²) in [6.07, 6.45) is 1.01. The van der Waals surface area contributed by atoms with Crippen molar-refractivity contribution in [3.63, 3.8) is 0 Å². The summed E-state index contributed by atoms with van der Waals surface area (Å²) in [4.78, 5) is 7.17. The molecule has 0 aromatic carbocycles. The highest BCUT2D eigenvalue weighted by molar-refractivity contribution is 7.80. The van der Waals surface area contributed by atoms with Crippen LogP contribution in [0.2, 0.25) is 0 Å². The quantitative estimate of drug-likeness (QED) is 0.802. The number of nitrogens with zero attached hydrogens (tertiary/aromatic N) is 2. The first-order chi connectivity index (χ1) is 8.18. The summed E-state index contributed by atoms with van der Waals surface area (Å²) in [6, 6.07) is 3.89. The molecule has 1 aliphatic heterocycles. The molecule has 1 aliphatic rings. The third-order valence-corrected chi connectivity index (χ3v) is 3.02. The molecule has 0 amide bonds. The Kier molecular flexibility index (Phi) is 3.91. The number of rotatable bonds is 2. The number of aryl methyl sites for hydroxylation is 1. The lowest BCUT2D eigenvalue weighted by atomic mass is 10.2. The van der Waals surface area contributed by atoms with Crippen molar-refractivity contribution in [2.45, 2.75) is 13.3 Å². The predicted octanol–water partition coefficient (Wildman–Crippen LogP) is 1.25. The predicted molar refractivity (Wildman–Crippen MR) is 72.5 cm³/mol. The minimum Gasteiger partial charge on any atom is -0.389 e. The number of thiocarbonyl (C=S) groups is 1. The van der Waals surface area contributed by atoms with E-state index in [4.69, 9.17) is 22.7 Å². The Morgan fingerprint density at radius 1 is 1.41 bits per heavy atom. The maximum absolute atomic E-state index is 5.74. The summed E-state index contributed by atoms with van der Waals surface area (Å²) in [5, 5.41) is 0. The van der Waals surface area contributed by atoms with Gasteiger partial charge < -0.3 is 15.4 Å². The van der Waals surface area contributed by atoms with E-state index in [-0.39, 0.29) is 0 Å². The summed E-state index contributed by atoms with van der Waals surface area (Å²) >= 11 is 5.08. The van der Waals surface area contributed by atoms with Crippen LogP contribution in [0.25, 0.3) is 0 Å². The lowest BCUT2D eigenvalue weighted by Gasteiger charge is -2.23. The van der Waals surface area contributed by atoms with Crippen LogP contribution < -0.4 is 10.6 Å². The molecular formula is C12H17N3OS. The molecule has 0 saturated carbocycles. The molecule has 2 N–H and O–H groups in total. The van der Waals surface area contributed by atoms with Crippen LogP contribution in [-0.4, -0.2) is 36.3 Å². The Morgan fingerprint density at radius 3 is 3.00 bits per heavy atom. The molecule has 17 heavy (non-hydrogen) atoms. The van der Waals surface area contributed by atoms with Crippen LogP contribution in [0.4, 0.5) is 5.82 Å². The molecule has 92 valence electrons. The maximum atomic E-state index is 5.74. The zero-order valence-corrected chi connectivity index (χ0v) is 10.8. The Labute approximate surface area is 107 Å². The van der Waals surface area contributed by atoms with Crippen LogP contribution >= 0.6 is 12.2 Å². The molecule has 4 nitrogen and oxygen atoms in total. The van der Waals surface area contributed by atoms with Gasteiger partial charge in [0.2, 0.25) is 0 Å². The number of nitrogens with two attached hydrogens (primary N) is 1. The highest BCUT2D eigenvalue weighted by Crippen LogP contribution is 2.19. The van der Waals surface area contributed by atoms with E-state index in [1.54, 1.807) is 0 Å². The normalized spacial score (nSPS) is 16.6. The van der Waals surface area contributed by atoms with Gasteiger partial charge in [-0.3, -0.25) is 0 Å². The molecule has 0 spiro atoms. The first kappa shape index (κ1) is 12.3. The molecule has 2 heterocycles. The molecular weight excluding hydrogens is 234 g/mol. The van der Waals surface area contributed by atoms with E-state index in [9.17, 15) is 0 Å². The van der Waals surface area contributed by atoms with Crippen LogP contribution in [0.1, 0.15) is 17.7 Å². The van der Waals surface area contributed by atoms with Crippen molar-refractivity contribution in [1.29, 1.82) is 0 Å². The van der Waals surface area contributed by atoms with Crippen molar-refractivity contribution >= 4 is 23.0 Å². The van der Waals surface area contributed by atoms with Gasteiger partial charge in [-0.25, -0.2) is 4.98 Å². The molecule has 1 aromatic rings. The van der Waals surface area contributed by atoms with Crippen molar-refractivity contribution in [2.75, 3.05) is 31.2 Å². The number of pyridine rings is 1. The van der Waals surface area contributed by atoms with Gasteiger partial charge in [0.1, 0.15) is 10.8 Å². The van der Waals surface area contributed by atoms with Crippen LogP contribution in [0.5, 0.6) is 0 Å². The molecule has 2 rings (SSSR count). The van der Waals surface area contributed by atoms with E-state index >= 15 is 0 Å². The average molecular weight is 251 g/mol. The molecule has 0 aliphatic carbocycles. The second-order valence-electron chi connectivity index (χ2n) is 4.14. The van der Waals surface area contributed by atoms with Gasteiger partial charge in [-0.2, -0.15) is 0 Å². The molecule has 1 fully saturated rings. The van der Waals surface area contributed by atoms with Gasteiger partial charge in [0.15, 0.2) is 0 Å². The fourth-order valence-electron chi connectivity index (χ4n) is 1.93. The third-order valence-electron chi connectivity index (χ3n) is 2.80. The maximum Gasteiger partial charge on any atom is 0.139 e. The fraction of sp³-hybridized carbons (Fsp3) is 0.500. The standard InChI is InChI=1S/C12H17N3OS/c1-9-3-4-10(11(13)17)12(14-9)15-5-2-7-16-8-6-15/h3-4H,2,5-8H2,1H3,(H2,13,17). The van der Waals surface area contributed by atoms with E-state index in [0.717, 1.165) is 49.8 Å². The minimum absolute atomic E-state index is 0.401. The molecule has 0 unspecified atom stereocenters. The van der Waals surface area contributed by atoms with E-state index in [1.807, 2.05) is 19.1 Å². The zero-order valence-electron chi connectivity index (χ0n) is 9.98. The van der Waals surface area contributed by atoms with Gasteiger partial charge in [0, 0.05) is 25.4 Å². The molecule has 0 atom stereocenters. The van der Waals surface area contributed by atoms with Crippen LogP contribution in [0, 0.1) is 6.92 Å². The number of hydrogen-bond donors (Lipinski definition) is 1. The summed E-state index contributed by atoms with van der Waals surface area (Å²) in [6.45, 7) is 5.29. The minimum atomic E-state index is 0.401. The number of anilines is 1. The number of ether oxygens (including phenoxy) is 1. The number of hydrogen-bond acceptors (Lipinski definition) is 4. The van der Waals surface area contributed by atoms with E-state index in [1.165, 1.54) is 0 Å². The van der Waals surface area contributed by atoms with Gasteiger partial charge in [0.25, 0.3) is 0 Å². The van der Waals surface area contributed by atoms with Gasteiger partial charge in [0.05, 0.1) is 12.2 Å². The first-order valence-electron chi connectivity index (χ1n) is 5.78. The van der Waals surface area contributed by atoms with E-state index in [2.05, 4.69) is 9.88 Å². The molecule has 5 heteroatoms. The summed E-state index contributed by atoms with van der Waals surface area (Å²) in [5.74, 6) is 0.892. The highest BCUT2D eigenvalue weighted by Gasteiger charge is 2.16. The average Bonchev–Trinajstić information content (AvgIpc) is 2.56. The molecule has 0 radical (unpaired) electrons.